The minimum absolute atomic E-state index is 0.263. The average molecular weight is 297 g/mol. The molecule has 0 N–H and O–H groups in total. The zero-order valence-electron chi connectivity index (χ0n) is 12.9. The number of anilines is 1. The number of hydrogen-bond acceptors (Lipinski definition) is 2. The summed E-state index contributed by atoms with van der Waals surface area (Å²) in [6, 6.07) is 11.8. The first kappa shape index (κ1) is 13.4. The molecule has 1 fully saturated rings. The van der Waals surface area contributed by atoms with Crippen LogP contribution in [0.5, 0.6) is 0 Å². The fraction of sp³-hybridized carbons (Fsp3) is 0.474. The number of nitrogens with zero attached hydrogens (tertiary/aromatic N) is 1. The highest BCUT2D eigenvalue weighted by Gasteiger charge is 2.49. The van der Waals surface area contributed by atoms with Crippen molar-refractivity contribution in [3.8, 4) is 0 Å². The van der Waals surface area contributed by atoms with Gasteiger partial charge in [0.2, 0.25) is 0 Å². The van der Waals surface area contributed by atoms with E-state index in [-0.39, 0.29) is 5.54 Å². The van der Waals surface area contributed by atoms with E-state index in [1.54, 1.807) is 10.4 Å². The molecule has 1 spiro atoms. The first-order chi connectivity index (χ1) is 10.2. The van der Waals surface area contributed by atoms with Crippen LogP contribution < -0.4 is 4.90 Å². The lowest BCUT2D eigenvalue weighted by atomic mass is 9.77. The predicted octanol–water partition coefficient (Wildman–Crippen LogP) is 5.80. The van der Waals surface area contributed by atoms with E-state index in [9.17, 15) is 0 Å². The van der Waals surface area contributed by atoms with Crippen LogP contribution in [0.3, 0.4) is 0 Å². The van der Waals surface area contributed by atoms with E-state index in [1.807, 2.05) is 11.3 Å². The highest BCUT2D eigenvalue weighted by atomic mass is 32.1. The van der Waals surface area contributed by atoms with Crippen molar-refractivity contribution in [2.45, 2.75) is 57.5 Å². The number of rotatable bonds is 1. The smallest absolute Gasteiger partial charge is 0.0672 e. The van der Waals surface area contributed by atoms with Crippen LogP contribution in [-0.2, 0) is 5.54 Å². The second kappa shape index (κ2) is 4.88. The summed E-state index contributed by atoms with van der Waals surface area (Å²) in [5.41, 5.74) is 4.74. The molecule has 21 heavy (non-hydrogen) atoms. The van der Waals surface area contributed by atoms with Crippen LogP contribution in [0.4, 0.5) is 5.69 Å². The minimum Gasteiger partial charge on any atom is -0.354 e. The number of thiophene rings is 1. The summed E-state index contributed by atoms with van der Waals surface area (Å²) in [5, 5.41) is 2.30. The van der Waals surface area contributed by atoms with E-state index >= 15 is 0 Å². The quantitative estimate of drug-likeness (QED) is 0.643. The second-order valence-corrected chi connectivity index (χ2v) is 7.57. The SMILES string of the molecule is Cc1ccccc1N1[C@@H](C)c2sccc2C12CCCCC2. The third-order valence-corrected chi connectivity index (χ3v) is 6.57. The van der Waals surface area contributed by atoms with Crippen molar-refractivity contribution < 1.29 is 0 Å². The zero-order valence-corrected chi connectivity index (χ0v) is 13.7. The van der Waals surface area contributed by atoms with Gasteiger partial charge in [0, 0.05) is 10.6 Å². The predicted molar refractivity (Wildman–Crippen MR) is 91.2 cm³/mol. The number of hydrogen-bond donors (Lipinski definition) is 0. The normalized spacial score (nSPS) is 23.5. The molecule has 0 unspecified atom stereocenters. The maximum atomic E-state index is 2.75. The largest absolute Gasteiger partial charge is 0.354 e. The molecule has 110 valence electrons. The average Bonchev–Trinajstić information content (AvgIpc) is 3.06. The highest BCUT2D eigenvalue weighted by Crippen LogP contribution is 2.57. The van der Waals surface area contributed by atoms with Crippen LogP contribution in [0, 0.1) is 6.92 Å². The molecule has 1 aliphatic heterocycles. The zero-order chi connectivity index (χ0) is 14.4. The Kier molecular flexibility index (Phi) is 3.11. The molecular weight excluding hydrogens is 274 g/mol. The summed E-state index contributed by atoms with van der Waals surface area (Å²) in [6.45, 7) is 4.65. The van der Waals surface area contributed by atoms with Crippen molar-refractivity contribution in [3.63, 3.8) is 0 Å². The Morgan fingerprint density at radius 3 is 2.62 bits per heavy atom. The summed E-state index contributed by atoms with van der Waals surface area (Å²) >= 11 is 1.95. The van der Waals surface area contributed by atoms with Gasteiger partial charge in [-0.2, -0.15) is 0 Å². The van der Waals surface area contributed by atoms with Gasteiger partial charge in [0.1, 0.15) is 0 Å². The lowest BCUT2D eigenvalue weighted by molar-refractivity contribution is 0.284. The van der Waals surface area contributed by atoms with Crippen molar-refractivity contribution in [3.05, 3.63) is 51.7 Å². The van der Waals surface area contributed by atoms with E-state index in [0.29, 0.717) is 6.04 Å². The Morgan fingerprint density at radius 2 is 1.86 bits per heavy atom. The standard InChI is InChI=1S/C19H23NS/c1-14-8-4-5-9-17(14)20-15(2)18-16(10-13-21-18)19(20)11-6-3-7-12-19/h4-5,8-10,13,15H,3,6-7,11-12H2,1-2H3/t15-/m0/s1. The van der Waals surface area contributed by atoms with E-state index < -0.39 is 0 Å². The van der Waals surface area contributed by atoms with Crippen molar-refractivity contribution in [2.24, 2.45) is 0 Å². The van der Waals surface area contributed by atoms with Crippen LogP contribution in [0.15, 0.2) is 35.7 Å². The summed E-state index contributed by atoms with van der Waals surface area (Å²) in [5.74, 6) is 0. The molecule has 2 heteroatoms. The summed E-state index contributed by atoms with van der Waals surface area (Å²) in [4.78, 5) is 4.35. The van der Waals surface area contributed by atoms with Gasteiger partial charge in [-0.25, -0.2) is 0 Å². The van der Waals surface area contributed by atoms with Gasteiger partial charge in [0.15, 0.2) is 0 Å². The van der Waals surface area contributed by atoms with E-state index in [0.717, 1.165) is 0 Å². The molecule has 0 saturated heterocycles. The van der Waals surface area contributed by atoms with Crippen molar-refractivity contribution in [1.82, 2.24) is 0 Å². The number of aryl methyl sites for hydroxylation is 1. The first-order valence-corrected chi connectivity index (χ1v) is 9.05. The van der Waals surface area contributed by atoms with E-state index in [2.05, 4.69) is 54.5 Å². The second-order valence-electron chi connectivity index (χ2n) is 6.62. The van der Waals surface area contributed by atoms with Gasteiger partial charge in [0.25, 0.3) is 0 Å². The lowest BCUT2D eigenvalue weighted by Crippen LogP contribution is -2.44. The Bertz CT molecular complexity index is 651. The number of fused-ring (bicyclic) bond motifs is 2. The topological polar surface area (TPSA) is 3.24 Å². The van der Waals surface area contributed by atoms with E-state index in [4.69, 9.17) is 0 Å². The molecule has 2 aliphatic rings. The molecule has 0 bridgehead atoms. The van der Waals surface area contributed by atoms with Crippen LogP contribution in [0.2, 0.25) is 0 Å². The molecular formula is C19H23NS. The van der Waals surface area contributed by atoms with Gasteiger partial charge >= 0.3 is 0 Å². The fourth-order valence-electron chi connectivity index (χ4n) is 4.57. The third-order valence-electron chi connectivity index (χ3n) is 5.48. The molecule has 1 aromatic heterocycles. The molecule has 1 aliphatic carbocycles. The summed E-state index contributed by atoms with van der Waals surface area (Å²) in [7, 11) is 0. The maximum absolute atomic E-state index is 2.75. The molecule has 4 rings (SSSR count). The minimum atomic E-state index is 0.263. The fourth-order valence-corrected chi connectivity index (χ4v) is 5.60. The van der Waals surface area contributed by atoms with Crippen LogP contribution in [0.1, 0.15) is 61.1 Å². The van der Waals surface area contributed by atoms with Crippen molar-refractivity contribution in [1.29, 1.82) is 0 Å². The number of benzene rings is 1. The van der Waals surface area contributed by atoms with Crippen molar-refractivity contribution in [2.75, 3.05) is 4.90 Å². The molecule has 0 amide bonds. The van der Waals surface area contributed by atoms with Crippen molar-refractivity contribution >= 4 is 17.0 Å². The molecule has 1 atom stereocenters. The van der Waals surface area contributed by atoms with E-state index in [1.165, 1.54) is 43.4 Å². The van der Waals surface area contributed by atoms with Crippen LogP contribution in [0.25, 0.3) is 0 Å². The summed E-state index contributed by atoms with van der Waals surface area (Å²) in [6.07, 6.45) is 6.76. The van der Waals surface area contributed by atoms with Gasteiger partial charge in [-0.3, -0.25) is 0 Å². The monoisotopic (exact) mass is 297 g/mol. The molecule has 2 aromatic rings. The Hall–Kier alpha value is -1.28. The molecule has 1 aromatic carbocycles. The first-order valence-electron chi connectivity index (χ1n) is 8.17. The number of para-hydroxylation sites is 1. The molecule has 1 nitrogen and oxygen atoms in total. The third kappa shape index (κ3) is 1.81. The van der Waals surface area contributed by atoms with Gasteiger partial charge in [-0.05, 0) is 55.3 Å². The van der Waals surface area contributed by atoms with Crippen LogP contribution >= 0.6 is 11.3 Å². The molecule has 2 heterocycles. The van der Waals surface area contributed by atoms with Gasteiger partial charge in [-0.15, -0.1) is 11.3 Å². The Labute approximate surface area is 131 Å². The summed E-state index contributed by atoms with van der Waals surface area (Å²) < 4.78 is 0. The molecule has 1 saturated carbocycles. The highest BCUT2D eigenvalue weighted by molar-refractivity contribution is 7.10. The Balaban J connectivity index is 1.89. The Morgan fingerprint density at radius 1 is 1.10 bits per heavy atom. The lowest BCUT2D eigenvalue weighted by Gasteiger charge is -2.46. The van der Waals surface area contributed by atoms with Gasteiger partial charge in [-0.1, -0.05) is 37.5 Å². The van der Waals surface area contributed by atoms with Gasteiger partial charge in [0.05, 0.1) is 11.6 Å². The maximum Gasteiger partial charge on any atom is 0.0672 e. The molecule has 0 radical (unpaired) electrons. The van der Waals surface area contributed by atoms with Crippen LogP contribution in [-0.4, -0.2) is 0 Å². The van der Waals surface area contributed by atoms with Gasteiger partial charge < -0.3 is 4.90 Å².